The molecular weight excluding hydrogens is 242 g/mol. The van der Waals surface area contributed by atoms with E-state index in [1.54, 1.807) is 32.0 Å². The molecule has 0 atom stereocenters. The van der Waals surface area contributed by atoms with E-state index in [2.05, 4.69) is 5.16 Å². The molecule has 88 valence electrons. The van der Waals surface area contributed by atoms with Gasteiger partial charge in [-0.3, -0.25) is 0 Å². The van der Waals surface area contributed by atoms with Crippen molar-refractivity contribution in [3.8, 4) is 5.75 Å². The lowest BCUT2D eigenvalue weighted by atomic mass is 10.2. The topological polar surface area (TPSA) is 52.3 Å². The zero-order chi connectivity index (χ0) is 12.4. The number of aryl methyl sites for hydroxylation is 2. The molecule has 0 saturated heterocycles. The van der Waals surface area contributed by atoms with Crippen LogP contribution < -0.4 is 4.74 Å². The number of esters is 1. The van der Waals surface area contributed by atoms with Crippen molar-refractivity contribution in [3.05, 3.63) is 46.3 Å². The highest BCUT2D eigenvalue weighted by molar-refractivity contribution is 6.30. The molecule has 1 aromatic heterocycles. The Kier molecular flexibility index (Phi) is 3.15. The van der Waals surface area contributed by atoms with E-state index in [9.17, 15) is 4.79 Å². The van der Waals surface area contributed by atoms with Crippen molar-refractivity contribution in [2.45, 2.75) is 13.8 Å². The van der Waals surface area contributed by atoms with Crippen LogP contribution in [0.15, 0.2) is 28.8 Å². The number of nitrogens with zero attached hydrogens (tertiary/aromatic N) is 1. The minimum Gasteiger partial charge on any atom is -0.420 e. The van der Waals surface area contributed by atoms with Gasteiger partial charge in [0.15, 0.2) is 0 Å². The van der Waals surface area contributed by atoms with Crippen LogP contribution in [0.25, 0.3) is 0 Å². The second-order valence-corrected chi connectivity index (χ2v) is 4.07. The van der Waals surface area contributed by atoms with Crippen LogP contribution >= 0.6 is 11.6 Å². The summed E-state index contributed by atoms with van der Waals surface area (Å²) in [6.07, 6.45) is 0. The monoisotopic (exact) mass is 251 g/mol. The van der Waals surface area contributed by atoms with E-state index >= 15 is 0 Å². The van der Waals surface area contributed by atoms with Crippen LogP contribution in [0.5, 0.6) is 5.75 Å². The number of halogens is 1. The van der Waals surface area contributed by atoms with Crippen molar-refractivity contribution in [2.75, 3.05) is 0 Å². The number of ether oxygens (including phenoxy) is 1. The molecular formula is C12H10ClNO3. The standard InChI is InChI=1S/C12H10ClNO3/c1-7-5-9(13)3-4-10(7)16-12(15)11-6-8(2)14-17-11/h3-6H,1-2H3. The quantitative estimate of drug-likeness (QED) is 0.608. The summed E-state index contributed by atoms with van der Waals surface area (Å²) in [6.45, 7) is 3.54. The van der Waals surface area contributed by atoms with Gasteiger partial charge in [0, 0.05) is 11.1 Å². The third kappa shape index (κ3) is 2.65. The number of carbonyl (C=O) groups excluding carboxylic acids is 1. The fourth-order valence-corrected chi connectivity index (χ4v) is 1.56. The summed E-state index contributed by atoms with van der Waals surface area (Å²) in [6, 6.07) is 6.53. The summed E-state index contributed by atoms with van der Waals surface area (Å²) in [5.41, 5.74) is 1.41. The molecule has 0 radical (unpaired) electrons. The van der Waals surface area contributed by atoms with E-state index in [4.69, 9.17) is 20.9 Å². The van der Waals surface area contributed by atoms with Crippen molar-refractivity contribution in [3.63, 3.8) is 0 Å². The maximum absolute atomic E-state index is 11.7. The largest absolute Gasteiger partial charge is 0.420 e. The van der Waals surface area contributed by atoms with Gasteiger partial charge in [0.25, 0.3) is 0 Å². The number of carbonyl (C=O) groups is 1. The van der Waals surface area contributed by atoms with Gasteiger partial charge in [0.05, 0.1) is 5.69 Å². The van der Waals surface area contributed by atoms with Crippen molar-refractivity contribution < 1.29 is 14.1 Å². The van der Waals surface area contributed by atoms with Crippen LogP contribution in [0.3, 0.4) is 0 Å². The first-order valence-corrected chi connectivity index (χ1v) is 5.36. The van der Waals surface area contributed by atoms with Crippen LogP contribution in [-0.2, 0) is 0 Å². The number of benzene rings is 1. The normalized spacial score (nSPS) is 10.3. The highest BCUT2D eigenvalue weighted by Crippen LogP contribution is 2.22. The van der Waals surface area contributed by atoms with Crippen LogP contribution in [0.2, 0.25) is 5.02 Å². The minimum atomic E-state index is -0.573. The lowest BCUT2D eigenvalue weighted by Crippen LogP contribution is -2.08. The van der Waals surface area contributed by atoms with Gasteiger partial charge in [0.1, 0.15) is 5.75 Å². The van der Waals surface area contributed by atoms with E-state index in [0.717, 1.165) is 5.56 Å². The number of aromatic nitrogens is 1. The molecule has 2 rings (SSSR count). The minimum absolute atomic E-state index is 0.0804. The third-order valence-corrected chi connectivity index (χ3v) is 2.40. The predicted molar refractivity (Wildman–Crippen MR) is 62.4 cm³/mol. The van der Waals surface area contributed by atoms with Crippen LogP contribution in [-0.4, -0.2) is 11.1 Å². The maximum Gasteiger partial charge on any atom is 0.382 e. The third-order valence-electron chi connectivity index (χ3n) is 2.17. The number of hydrogen-bond acceptors (Lipinski definition) is 4. The molecule has 17 heavy (non-hydrogen) atoms. The molecule has 0 saturated carbocycles. The zero-order valence-corrected chi connectivity index (χ0v) is 10.1. The Balaban J connectivity index is 2.18. The maximum atomic E-state index is 11.7. The SMILES string of the molecule is Cc1cc(C(=O)Oc2ccc(Cl)cc2C)on1. The summed E-state index contributed by atoms with van der Waals surface area (Å²) < 4.78 is 9.98. The van der Waals surface area contributed by atoms with Crippen LogP contribution in [0.4, 0.5) is 0 Å². The Bertz CT molecular complexity index is 563. The molecule has 0 aliphatic carbocycles. The Morgan fingerprint density at radius 1 is 1.35 bits per heavy atom. The summed E-state index contributed by atoms with van der Waals surface area (Å²) >= 11 is 5.80. The fraction of sp³-hybridized carbons (Fsp3) is 0.167. The van der Waals surface area contributed by atoms with E-state index in [1.807, 2.05) is 0 Å². The first-order valence-electron chi connectivity index (χ1n) is 4.98. The Morgan fingerprint density at radius 2 is 2.12 bits per heavy atom. The predicted octanol–water partition coefficient (Wildman–Crippen LogP) is 3.16. The molecule has 0 amide bonds. The van der Waals surface area contributed by atoms with Crippen molar-refractivity contribution in [1.29, 1.82) is 0 Å². The average molecular weight is 252 g/mol. The summed E-state index contributed by atoms with van der Waals surface area (Å²) in [4.78, 5) is 11.7. The Hall–Kier alpha value is -1.81. The van der Waals surface area contributed by atoms with Gasteiger partial charge in [-0.2, -0.15) is 0 Å². The Labute approximate surface area is 103 Å². The van der Waals surface area contributed by atoms with E-state index in [1.165, 1.54) is 6.07 Å². The first kappa shape index (κ1) is 11.7. The Morgan fingerprint density at radius 3 is 2.71 bits per heavy atom. The lowest BCUT2D eigenvalue weighted by molar-refractivity contribution is 0.0690. The molecule has 0 bridgehead atoms. The highest BCUT2D eigenvalue weighted by atomic mass is 35.5. The van der Waals surface area contributed by atoms with Gasteiger partial charge in [0.2, 0.25) is 5.76 Å². The number of rotatable bonds is 2. The van der Waals surface area contributed by atoms with Crippen molar-refractivity contribution >= 4 is 17.6 Å². The lowest BCUT2D eigenvalue weighted by Gasteiger charge is -2.05. The molecule has 0 fully saturated rings. The molecule has 1 heterocycles. The highest BCUT2D eigenvalue weighted by Gasteiger charge is 2.15. The van der Waals surface area contributed by atoms with E-state index in [-0.39, 0.29) is 5.76 Å². The van der Waals surface area contributed by atoms with Gasteiger partial charge < -0.3 is 9.26 Å². The van der Waals surface area contributed by atoms with Gasteiger partial charge >= 0.3 is 5.97 Å². The van der Waals surface area contributed by atoms with Crippen molar-refractivity contribution in [1.82, 2.24) is 5.16 Å². The second kappa shape index (κ2) is 4.59. The molecule has 4 nitrogen and oxygen atoms in total. The molecule has 0 N–H and O–H groups in total. The molecule has 0 unspecified atom stereocenters. The van der Waals surface area contributed by atoms with Crippen LogP contribution in [0.1, 0.15) is 21.8 Å². The van der Waals surface area contributed by atoms with Crippen LogP contribution in [0, 0.1) is 13.8 Å². The molecule has 0 aliphatic heterocycles. The van der Waals surface area contributed by atoms with Gasteiger partial charge in [-0.1, -0.05) is 16.8 Å². The van der Waals surface area contributed by atoms with E-state index < -0.39 is 5.97 Å². The first-order chi connectivity index (χ1) is 8.06. The second-order valence-electron chi connectivity index (χ2n) is 3.63. The smallest absolute Gasteiger partial charge is 0.382 e. The fourth-order valence-electron chi connectivity index (χ4n) is 1.34. The molecule has 0 spiro atoms. The van der Waals surface area contributed by atoms with Gasteiger partial charge in [-0.05, 0) is 37.6 Å². The van der Waals surface area contributed by atoms with Gasteiger partial charge in [-0.25, -0.2) is 4.79 Å². The summed E-state index contributed by atoms with van der Waals surface area (Å²) in [7, 11) is 0. The molecule has 1 aromatic carbocycles. The molecule has 0 aliphatic rings. The summed E-state index contributed by atoms with van der Waals surface area (Å²) in [5, 5.41) is 4.21. The van der Waals surface area contributed by atoms with Crippen molar-refractivity contribution in [2.24, 2.45) is 0 Å². The molecule has 2 aromatic rings. The number of hydrogen-bond donors (Lipinski definition) is 0. The van der Waals surface area contributed by atoms with E-state index in [0.29, 0.717) is 16.5 Å². The molecule has 5 heteroatoms. The summed E-state index contributed by atoms with van der Waals surface area (Å²) in [5.74, 6) is -0.0404. The van der Waals surface area contributed by atoms with Gasteiger partial charge in [-0.15, -0.1) is 0 Å². The average Bonchev–Trinajstić information content (AvgIpc) is 2.69. The zero-order valence-electron chi connectivity index (χ0n) is 9.36.